The molecule has 0 aliphatic rings. The summed E-state index contributed by atoms with van der Waals surface area (Å²) in [7, 11) is 1.82. The molecule has 0 bridgehead atoms. The Morgan fingerprint density at radius 3 is 2.62 bits per heavy atom. The number of rotatable bonds is 3. The summed E-state index contributed by atoms with van der Waals surface area (Å²) in [6.07, 6.45) is 3.75. The van der Waals surface area contributed by atoms with Gasteiger partial charge in [-0.3, -0.25) is 4.68 Å². The van der Waals surface area contributed by atoms with Crippen molar-refractivity contribution in [1.29, 1.82) is 0 Å². The van der Waals surface area contributed by atoms with Crippen LogP contribution >= 0.6 is 12.2 Å². The van der Waals surface area contributed by atoms with Gasteiger partial charge in [-0.15, -0.1) is 0 Å². The van der Waals surface area contributed by atoms with Gasteiger partial charge >= 0.3 is 0 Å². The lowest BCUT2D eigenvalue weighted by Crippen LogP contribution is -2.49. The highest BCUT2D eigenvalue weighted by molar-refractivity contribution is 7.80. The third kappa shape index (κ3) is 3.81. The van der Waals surface area contributed by atoms with E-state index in [-0.39, 0.29) is 11.5 Å². The van der Waals surface area contributed by atoms with Gasteiger partial charge in [0.1, 0.15) is 0 Å². The molecule has 2 N–H and O–H groups in total. The summed E-state index contributed by atoms with van der Waals surface area (Å²) in [5.74, 6) is 0. The lowest BCUT2D eigenvalue weighted by atomic mass is 9.87. The van der Waals surface area contributed by atoms with Crippen LogP contribution in [0.25, 0.3) is 0 Å². The maximum absolute atomic E-state index is 5.14. The van der Waals surface area contributed by atoms with E-state index in [9.17, 15) is 0 Å². The molecule has 90 valence electrons. The highest BCUT2D eigenvalue weighted by atomic mass is 32.1. The Balaban J connectivity index is 2.68. The second-order valence-electron chi connectivity index (χ2n) is 4.87. The van der Waals surface area contributed by atoms with E-state index in [0.717, 1.165) is 6.54 Å². The molecular formula is C11H20N4S. The smallest absolute Gasteiger partial charge is 0.166 e. The van der Waals surface area contributed by atoms with E-state index in [1.165, 1.54) is 0 Å². The molecule has 0 spiro atoms. The highest BCUT2D eigenvalue weighted by Gasteiger charge is 2.25. The summed E-state index contributed by atoms with van der Waals surface area (Å²) in [5.41, 5.74) is 0.118. The molecule has 1 rings (SSSR count). The molecule has 0 aliphatic heterocycles. The predicted molar refractivity (Wildman–Crippen MR) is 70.3 cm³/mol. The summed E-state index contributed by atoms with van der Waals surface area (Å²) < 4.78 is 1.92. The first-order valence-electron chi connectivity index (χ1n) is 5.39. The van der Waals surface area contributed by atoms with Gasteiger partial charge in [0, 0.05) is 19.4 Å². The molecule has 0 saturated heterocycles. The van der Waals surface area contributed by atoms with Gasteiger partial charge in [0.2, 0.25) is 0 Å². The summed E-state index contributed by atoms with van der Waals surface area (Å²) in [5, 5.41) is 11.1. The number of hydrogen-bond acceptors (Lipinski definition) is 2. The van der Waals surface area contributed by atoms with E-state index in [4.69, 9.17) is 12.2 Å². The van der Waals surface area contributed by atoms with Crippen molar-refractivity contribution in [3.05, 3.63) is 18.5 Å². The third-order valence-electron chi connectivity index (χ3n) is 2.51. The minimum atomic E-state index is 0.118. The van der Waals surface area contributed by atoms with Crippen LogP contribution in [0, 0.1) is 5.41 Å². The second kappa shape index (κ2) is 5.30. The van der Waals surface area contributed by atoms with Crippen LogP contribution in [0.15, 0.2) is 18.5 Å². The molecule has 0 aliphatic carbocycles. The minimum absolute atomic E-state index is 0.118. The highest BCUT2D eigenvalue weighted by Crippen LogP contribution is 2.20. The van der Waals surface area contributed by atoms with Gasteiger partial charge in [-0.25, -0.2) is 0 Å². The maximum atomic E-state index is 5.14. The van der Waals surface area contributed by atoms with Crippen LogP contribution in [0.5, 0.6) is 0 Å². The van der Waals surface area contributed by atoms with Crippen molar-refractivity contribution in [2.24, 2.45) is 5.41 Å². The van der Waals surface area contributed by atoms with E-state index in [0.29, 0.717) is 5.11 Å². The zero-order chi connectivity index (χ0) is 12.2. The quantitative estimate of drug-likeness (QED) is 0.784. The van der Waals surface area contributed by atoms with Crippen LogP contribution in [-0.4, -0.2) is 28.0 Å². The molecule has 0 saturated carbocycles. The van der Waals surface area contributed by atoms with E-state index < -0.39 is 0 Å². The van der Waals surface area contributed by atoms with E-state index in [1.807, 2.05) is 24.0 Å². The number of hydrogen-bond donors (Lipinski definition) is 2. The van der Waals surface area contributed by atoms with Gasteiger partial charge < -0.3 is 10.6 Å². The van der Waals surface area contributed by atoms with Crippen molar-refractivity contribution < 1.29 is 0 Å². The van der Waals surface area contributed by atoms with Crippen LogP contribution in [0.3, 0.4) is 0 Å². The van der Waals surface area contributed by atoms with Gasteiger partial charge in [-0.1, -0.05) is 20.8 Å². The standard InChI is InChI=1S/C11H20N4S/c1-11(2,3)9(14-10(16)12-4)8-15-7-5-6-13-15/h5-7,9H,8H2,1-4H3,(H2,12,14,16). The molecule has 0 radical (unpaired) electrons. The lowest BCUT2D eigenvalue weighted by Gasteiger charge is -2.32. The Bertz CT molecular complexity index is 326. The van der Waals surface area contributed by atoms with Crippen LogP contribution in [0.1, 0.15) is 20.8 Å². The Morgan fingerprint density at radius 1 is 1.50 bits per heavy atom. The van der Waals surface area contributed by atoms with Crippen LogP contribution < -0.4 is 10.6 Å². The summed E-state index contributed by atoms with van der Waals surface area (Å²) in [6.45, 7) is 7.36. The van der Waals surface area contributed by atoms with E-state index in [1.54, 1.807) is 6.20 Å². The molecule has 1 unspecified atom stereocenters. The van der Waals surface area contributed by atoms with Crippen molar-refractivity contribution in [2.45, 2.75) is 33.4 Å². The van der Waals surface area contributed by atoms with Crippen molar-refractivity contribution in [3.63, 3.8) is 0 Å². The molecule has 0 amide bonds. The summed E-state index contributed by atoms with van der Waals surface area (Å²) >= 11 is 5.14. The molecule has 1 heterocycles. The second-order valence-corrected chi connectivity index (χ2v) is 5.28. The van der Waals surface area contributed by atoms with E-state index >= 15 is 0 Å². The van der Waals surface area contributed by atoms with Crippen molar-refractivity contribution in [2.75, 3.05) is 7.05 Å². The average Bonchev–Trinajstić information content (AvgIpc) is 2.67. The first kappa shape index (κ1) is 13.0. The van der Waals surface area contributed by atoms with Crippen molar-refractivity contribution >= 4 is 17.3 Å². The van der Waals surface area contributed by atoms with Crippen LogP contribution in [0.2, 0.25) is 0 Å². The number of aromatic nitrogens is 2. The molecule has 4 nitrogen and oxygen atoms in total. The molecule has 16 heavy (non-hydrogen) atoms. The molecular weight excluding hydrogens is 220 g/mol. The van der Waals surface area contributed by atoms with Gasteiger partial charge in [-0.2, -0.15) is 5.10 Å². The lowest BCUT2D eigenvalue weighted by molar-refractivity contribution is 0.261. The fourth-order valence-electron chi connectivity index (χ4n) is 1.36. The number of nitrogens with zero attached hydrogens (tertiary/aromatic N) is 2. The minimum Gasteiger partial charge on any atom is -0.366 e. The Hall–Kier alpha value is -1.10. The SMILES string of the molecule is CNC(=S)NC(Cn1cccn1)C(C)(C)C. The largest absolute Gasteiger partial charge is 0.366 e. The molecule has 1 aromatic rings. The first-order valence-corrected chi connectivity index (χ1v) is 5.80. The zero-order valence-corrected chi connectivity index (χ0v) is 11.1. The van der Waals surface area contributed by atoms with Gasteiger partial charge in [0.15, 0.2) is 5.11 Å². The van der Waals surface area contributed by atoms with Crippen molar-refractivity contribution in [1.82, 2.24) is 20.4 Å². The van der Waals surface area contributed by atoms with Gasteiger partial charge in [-0.05, 0) is 23.7 Å². The molecule has 1 aromatic heterocycles. The zero-order valence-electron chi connectivity index (χ0n) is 10.3. The Labute approximate surface area is 102 Å². The van der Waals surface area contributed by atoms with Gasteiger partial charge in [0.25, 0.3) is 0 Å². The third-order valence-corrected chi connectivity index (χ3v) is 2.83. The van der Waals surface area contributed by atoms with Crippen LogP contribution in [-0.2, 0) is 6.54 Å². The molecule has 0 fully saturated rings. The fourth-order valence-corrected chi connectivity index (χ4v) is 1.50. The predicted octanol–water partition coefficient (Wildman–Crippen LogP) is 1.39. The van der Waals surface area contributed by atoms with E-state index in [2.05, 4.69) is 36.5 Å². The summed E-state index contributed by atoms with van der Waals surface area (Å²) in [4.78, 5) is 0. The maximum Gasteiger partial charge on any atom is 0.166 e. The molecule has 5 heteroatoms. The van der Waals surface area contributed by atoms with Crippen molar-refractivity contribution in [3.8, 4) is 0 Å². The monoisotopic (exact) mass is 240 g/mol. The number of nitrogens with one attached hydrogen (secondary N) is 2. The number of thiocarbonyl (C=S) groups is 1. The van der Waals surface area contributed by atoms with Gasteiger partial charge in [0.05, 0.1) is 12.6 Å². The van der Waals surface area contributed by atoms with Crippen LogP contribution in [0.4, 0.5) is 0 Å². The average molecular weight is 240 g/mol. The Morgan fingerprint density at radius 2 is 2.19 bits per heavy atom. The fraction of sp³-hybridized carbons (Fsp3) is 0.636. The normalized spacial score (nSPS) is 13.2. The topological polar surface area (TPSA) is 41.9 Å². The Kier molecular flexibility index (Phi) is 4.29. The molecule has 1 atom stereocenters. The first-order chi connectivity index (χ1) is 7.43. The molecule has 0 aromatic carbocycles. The summed E-state index contributed by atoms with van der Waals surface area (Å²) in [6, 6.07) is 2.17.